The van der Waals surface area contributed by atoms with E-state index in [1.54, 1.807) is 24.3 Å². The number of hydrogen-bond acceptors (Lipinski definition) is 5. The fourth-order valence-corrected chi connectivity index (χ4v) is 4.28. The van der Waals surface area contributed by atoms with Gasteiger partial charge in [0.05, 0.1) is 24.8 Å². The number of halogens is 2. The highest BCUT2D eigenvalue weighted by atomic mass is 35.5. The van der Waals surface area contributed by atoms with Gasteiger partial charge in [0, 0.05) is 36.8 Å². The molecule has 1 atom stereocenters. The second kappa shape index (κ2) is 9.81. The van der Waals surface area contributed by atoms with Crippen molar-refractivity contribution >= 4 is 29.1 Å². The molecule has 4 rings (SSSR count). The van der Waals surface area contributed by atoms with E-state index in [2.05, 4.69) is 4.90 Å². The number of aliphatic hydroxyl groups excluding tert-OH is 1. The molecule has 0 aromatic heterocycles. The first kappa shape index (κ1) is 22.5. The minimum absolute atomic E-state index is 0.00435. The summed E-state index contributed by atoms with van der Waals surface area (Å²) in [5.41, 5.74) is 0.940. The number of amides is 1. The standard InChI is InChI=1S/C24H24ClFN2O4/c25-18-6-2-16(3-7-18)21-20(22(29)17-4-8-19(26)9-5-17)23(30)24(31)28(21)11-1-10-27-12-14-32-15-13-27/h2-9,21,29H,1,10-15H2/b22-20+/t21-/m1/s1. The molecule has 2 saturated heterocycles. The maximum atomic E-state index is 13.3. The summed E-state index contributed by atoms with van der Waals surface area (Å²) in [4.78, 5) is 29.7. The molecule has 2 aromatic carbocycles. The van der Waals surface area contributed by atoms with Crippen molar-refractivity contribution in [3.63, 3.8) is 0 Å². The summed E-state index contributed by atoms with van der Waals surface area (Å²) in [6, 6.07) is 11.3. The molecule has 168 valence electrons. The van der Waals surface area contributed by atoms with Gasteiger partial charge in [-0.2, -0.15) is 0 Å². The predicted octanol–water partition coefficient (Wildman–Crippen LogP) is 3.62. The van der Waals surface area contributed by atoms with Crippen molar-refractivity contribution in [3.05, 3.63) is 76.1 Å². The molecule has 1 N–H and O–H groups in total. The van der Waals surface area contributed by atoms with Crippen molar-refractivity contribution < 1.29 is 23.8 Å². The largest absolute Gasteiger partial charge is 0.507 e. The number of carbonyl (C=O) groups excluding carboxylic acids is 2. The Morgan fingerprint density at radius 1 is 1.03 bits per heavy atom. The number of rotatable bonds is 6. The predicted molar refractivity (Wildman–Crippen MR) is 119 cm³/mol. The molecule has 2 fully saturated rings. The highest BCUT2D eigenvalue weighted by Crippen LogP contribution is 2.39. The summed E-state index contributed by atoms with van der Waals surface area (Å²) in [7, 11) is 0. The van der Waals surface area contributed by atoms with Crippen LogP contribution in [-0.4, -0.2) is 66.0 Å². The van der Waals surface area contributed by atoms with Gasteiger partial charge in [-0.1, -0.05) is 23.7 Å². The van der Waals surface area contributed by atoms with E-state index in [1.165, 1.54) is 29.2 Å². The number of benzene rings is 2. The van der Waals surface area contributed by atoms with Crippen molar-refractivity contribution in [1.82, 2.24) is 9.80 Å². The second-order valence-corrected chi connectivity index (χ2v) is 8.29. The van der Waals surface area contributed by atoms with Crippen LogP contribution in [0.1, 0.15) is 23.6 Å². The van der Waals surface area contributed by atoms with Gasteiger partial charge in [0.2, 0.25) is 0 Å². The Morgan fingerprint density at radius 3 is 2.34 bits per heavy atom. The van der Waals surface area contributed by atoms with Crippen molar-refractivity contribution in [2.75, 3.05) is 39.4 Å². The van der Waals surface area contributed by atoms with Gasteiger partial charge in [0.25, 0.3) is 11.7 Å². The quantitative estimate of drug-likeness (QED) is 0.407. The van der Waals surface area contributed by atoms with Crippen molar-refractivity contribution in [2.24, 2.45) is 0 Å². The summed E-state index contributed by atoms with van der Waals surface area (Å²) in [6.45, 7) is 4.18. The monoisotopic (exact) mass is 458 g/mol. The van der Waals surface area contributed by atoms with Crippen LogP contribution in [-0.2, 0) is 14.3 Å². The number of morpholine rings is 1. The SMILES string of the molecule is O=C1C(=O)N(CCCN2CCOCC2)[C@H](c2ccc(Cl)cc2)/C1=C(\O)c1ccc(F)cc1. The van der Waals surface area contributed by atoms with E-state index < -0.39 is 23.5 Å². The van der Waals surface area contributed by atoms with E-state index in [0.717, 1.165) is 19.6 Å². The highest BCUT2D eigenvalue weighted by molar-refractivity contribution is 6.46. The second-order valence-electron chi connectivity index (χ2n) is 7.86. The van der Waals surface area contributed by atoms with E-state index in [9.17, 15) is 19.1 Å². The third kappa shape index (κ3) is 4.70. The molecule has 2 aliphatic rings. The maximum absolute atomic E-state index is 13.3. The highest BCUT2D eigenvalue weighted by Gasteiger charge is 2.45. The van der Waals surface area contributed by atoms with Crippen LogP contribution in [0.4, 0.5) is 4.39 Å². The van der Waals surface area contributed by atoms with Crippen LogP contribution in [0.5, 0.6) is 0 Å². The zero-order chi connectivity index (χ0) is 22.7. The lowest BCUT2D eigenvalue weighted by Crippen LogP contribution is -2.38. The van der Waals surface area contributed by atoms with Crippen LogP contribution < -0.4 is 0 Å². The van der Waals surface area contributed by atoms with Gasteiger partial charge in [-0.25, -0.2) is 4.39 Å². The average Bonchev–Trinajstić information content (AvgIpc) is 3.05. The van der Waals surface area contributed by atoms with Crippen LogP contribution >= 0.6 is 11.6 Å². The van der Waals surface area contributed by atoms with Crippen LogP contribution in [0.3, 0.4) is 0 Å². The fraction of sp³-hybridized carbons (Fsp3) is 0.333. The van der Waals surface area contributed by atoms with Crippen LogP contribution in [0.25, 0.3) is 5.76 Å². The minimum atomic E-state index is -0.752. The topological polar surface area (TPSA) is 70.1 Å². The first-order valence-corrected chi connectivity index (χ1v) is 10.9. The molecule has 1 amide bonds. The van der Waals surface area contributed by atoms with E-state index in [-0.39, 0.29) is 16.9 Å². The van der Waals surface area contributed by atoms with Crippen LogP contribution in [0, 0.1) is 5.82 Å². The molecule has 32 heavy (non-hydrogen) atoms. The number of likely N-dealkylation sites (tertiary alicyclic amines) is 1. The van der Waals surface area contributed by atoms with Gasteiger partial charge in [0.15, 0.2) is 0 Å². The number of carbonyl (C=O) groups is 2. The molecule has 2 aromatic rings. The molecule has 0 saturated carbocycles. The normalized spacial score (nSPS) is 21.3. The molecule has 0 radical (unpaired) electrons. The molecule has 2 aliphatic heterocycles. The molecule has 0 unspecified atom stereocenters. The number of aliphatic hydroxyl groups is 1. The fourth-order valence-electron chi connectivity index (χ4n) is 4.15. The third-order valence-electron chi connectivity index (χ3n) is 5.82. The van der Waals surface area contributed by atoms with Gasteiger partial charge in [0.1, 0.15) is 11.6 Å². The summed E-state index contributed by atoms with van der Waals surface area (Å²) in [6.07, 6.45) is 0.674. The minimum Gasteiger partial charge on any atom is -0.507 e. The van der Waals surface area contributed by atoms with Gasteiger partial charge in [-0.15, -0.1) is 0 Å². The Kier molecular flexibility index (Phi) is 6.89. The molecule has 8 heteroatoms. The Labute approximate surface area is 190 Å². The van der Waals surface area contributed by atoms with Gasteiger partial charge in [-0.3, -0.25) is 14.5 Å². The van der Waals surface area contributed by atoms with Crippen molar-refractivity contribution in [3.8, 4) is 0 Å². The Balaban J connectivity index is 1.66. The smallest absolute Gasteiger partial charge is 0.295 e. The molecule has 6 nitrogen and oxygen atoms in total. The lowest BCUT2D eigenvalue weighted by atomic mass is 9.95. The summed E-state index contributed by atoms with van der Waals surface area (Å²) >= 11 is 6.03. The molecule has 0 bridgehead atoms. The summed E-state index contributed by atoms with van der Waals surface area (Å²) in [5, 5.41) is 11.5. The molecule has 0 aliphatic carbocycles. The Bertz CT molecular complexity index is 1020. The molecular weight excluding hydrogens is 435 g/mol. The van der Waals surface area contributed by atoms with Gasteiger partial charge >= 0.3 is 0 Å². The lowest BCUT2D eigenvalue weighted by molar-refractivity contribution is -0.140. The Hall–Kier alpha value is -2.74. The molecule has 0 spiro atoms. The van der Waals surface area contributed by atoms with Crippen LogP contribution in [0.15, 0.2) is 54.1 Å². The number of ketones is 1. The van der Waals surface area contributed by atoms with E-state index >= 15 is 0 Å². The maximum Gasteiger partial charge on any atom is 0.295 e. The zero-order valence-corrected chi connectivity index (χ0v) is 18.2. The number of Topliss-reactive ketones (excluding diaryl/α,β-unsaturated/α-hetero) is 1. The average molecular weight is 459 g/mol. The first-order valence-electron chi connectivity index (χ1n) is 10.6. The van der Waals surface area contributed by atoms with E-state index in [1.807, 2.05) is 0 Å². The summed E-state index contributed by atoms with van der Waals surface area (Å²) < 4.78 is 18.7. The first-order chi connectivity index (χ1) is 15.5. The number of nitrogens with zero attached hydrogens (tertiary/aromatic N) is 2. The number of hydrogen-bond donors (Lipinski definition) is 1. The number of ether oxygens (including phenoxy) is 1. The molecular formula is C24H24ClFN2O4. The molecule has 2 heterocycles. The zero-order valence-electron chi connectivity index (χ0n) is 17.5. The summed E-state index contributed by atoms with van der Waals surface area (Å²) in [5.74, 6) is -2.19. The van der Waals surface area contributed by atoms with Crippen molar-refractivity contribution in [2.45, 2.75) is 12.5 Å². The van der Waals surface area contributed by atoms with E-state index in [0.29, 0.717) is 36.8 Å². The van der Waals surface area contributed by atoms with Gasteiger partial charge < -0.3 is 14.7 Å². The van der Waals surface area contributed by atoms with E-state index in [4.69, 9.17) is 16.3 Å². The Morgan fingerprint density at radius 2 is 1.69 bits per heavy atom. The van der Waals surface area contributed by atoms with Gasteiger partial charge in [-0.05, 0) is 48.4 Å². The lowest BCUT2D eigenvalue weighted by Gasteiger charge is -2.29. The van der Waals surface area contributed by atoms with Crippen LogP contribution in [0.2, 0.25) is 5.02 Å². The van der Waals surface area contributed by atoms with Crippen molar-refractivity contribution in [1.29, 1.82) is 0 Å². The third-order valence-corrected chi connectivity index (χ3v) is 6.07.